The third-order valence-electron chi connectivity index (χ3n) is 5.94. The Morgan fingerprint density at radius 3 is 2.35 bits per heavy atom. The van der Waals surface area contributed by atoms with E-state index in [4.69, 9.17) is 14.0 Å². The molecule has 31 heavy (non-hydrogen) atoms. The molecule has 2 amide bonds. The van der Waals surface area contributed by atoms with Gasteiger partial charge in [-0.3, -0.25) is 4.79 Å². The van der Waals surface area contributed by atoms with Gasteiger partial charge in [0.2, 0.25) is 0 Å². The number of carbonyl (C=O) groups excluding carboxylic acids is 2. The van der Waals surface area contributed by atoms with Gasteiger partial charge >= 0.3 is 13.2 Å². The standard InChI is InChI=1S/C22H32BFN2O5/c1-20(2,3)29-19(28)26-11-10-15(13-26)25-18(27)16-9-8-14(12-17(16)24)23-30-21(4,5)22(6,7)31-23/h8-9,12,15H,10-11,13H2,1-7H3,(H,25,27). The molecule has 0 saturated carbocycles. The Balaban J connectivity index is 1.61. The largest absolute Gasteiger partial charge is 0.494 e. The molecule has 170 valence electrons. The molecule has 0 bridgehead atoms. The van der Waals surface area contributed by atoms with E-state index in [1.165, 1.54) is 12.1 Å². The van der Waals surface area contributed by atoms with E-state index in [0.717, 1.165) is 0 Å². The summed E-state index contributed by atoms with van der Waals surface area (Å²) in [5.41, 5.74) is -1.19. The fraction of sp³-hybridized carbons (Fsp3) is 0.636. The Morgan fingerprint density at radius 1 is 1.19 bits per heavy atom. The van der Waals surface area contributed by atoms with Crippen LogP contribution in [0.1, 0.15) is 65.2 Å². The summed E-state index contributed by atoms with van der Waals surface area (Å²) in [6.07, 6.45) is 0.167. The molecule has 1 unspecified atom stereocenters. The van der Waals surface area contributed by atoms with Crippen molar-refractivity contribution in [3.63, 3.8) is 0 Å². The molecule has 9 heteroatoms. The number of nitrogens with zero attached hydrogens (tertiary/aromatic N) is 1. The SMILES string of the molecule is CC(C)(C)OC(=O)N1CCC(NC(=O)c2ccc(B3OC(C)(C)C(C)(C)O3)cc2F)C1. The number of carbonyl (C=O) groups is 2. The summed E-state index contributed by atoms with van der Waals surface area (Å²) in [5, 5.41) is 2.81. The molecule has 1 aromatic carbocycles. The van der Waals surface area contributed by atoms with Crippen LogP contribution < -0.4 is 10.8 Å². The Hall–Kier alpha value is -2.13. The van der Waals surface area contributed by atoms with Crippen molar-refractivity contribution in [2.45, 2.75) is 77.7 Å². The summed E-state index contributed by atoms with van der Waals surface area (Å²) in [7, 11) is -0.700. The molecule has 7 nitrogen and oxygen atoms in total. The molecule has 0 spiro atoms. The summed E-state index contributed by atoms with van der Waals surface area (Å²) >= 11 is 0. The van der Waals surface area contributed by atoms with Crippen LogP contribution in [0.2, 0.25) is 0 Å². The Labute approximate surface area is 183 Å². The highest BCUT2D eigenvalue weighted by molar-refractivity contribution is 6.62. The highest BCUT2D eigenvalue weighted by atomic mass is 19.1. The quantitative estimate of drug-likeness (QED) is 0.741. The first-order valence-electron chi connectivity index (χ1n) is 10.6. The maximum Gasteiger partial charge on any atom is 0.494 e. The van der Waals surface area contributed by atoms with Crippen LogP contribution in [0.5, 0.6) is 0 Å². The lowest BCUT2D eigenvalue weighted by Gasteiger charge is -2.32. The highest BCUT2D eigenvalue weighted by Gasteiger charge is 2.51. The van der Waals surface area contributed by atoms with Crippen molar-refractivity contribution >= 4 is 24.6 Å². The molecular formula is C22H32BFN2O5. The monoisotopic (exact) mass is 434 g/mol. The molecule has 2 aliphatic rings. The lowest BCUT2D eigenvalue weighted by molar-refractivity contribution is 0.00578. The zero-order valence-corrected chi connectivity index (χ0v) is 19.4. The number of hydrogen-bond acceptors (Lipinski definition) is 5. The van der Waals surface area contributed by atoms with E-state index in [1.807, 2.05) is 27.7 Å². The van der Waals surface area contributed by atoms with Crippen LogP contribution in [-0.2, 0) is 14.0 Å². The number of likely N-dealkylation sites (tertiary alicyclic amines) is 1. The van der Waals surface area contributed by atoms with Gasteiger partial charge in [0, 0.05) is 19.1 Å². The molecule has 1 aromatic rings. The van der Waals surface area contributed by atoms with Gasteiger partial charge in [0.1, 0.15) is 11.4 Å². The fourth-order valence-electron chi connectivity index (χ4n) is 3.47. The van der Waals surface area contributed by atoms with E-state index in [9.17, 15) is 14.0 Å². The Morgan fingerprint density at radius 2 is 1.81 bits per heavy atom. The van der Waals surface area contributed by atoms with Gasteiger partial charge < -0.3 is 24.3 Å². The van der Waals surface area contributed by atoms with Gasteiger partial charge in [0.25, 0.3) is 5.91 Å². The predicted molar refractivity (Wildman–Crippen MR) is 116 cm³/mol. The molecule has 0 aromatic heterocycles. The van der Waals surface area contributed by atoms with Gasteiger partial charge in [-0.15, -0.1) is 0 Å². The van der Waals surface area contributed by atoms with Crippen LogP contribution in [0.25, 0.3) is 0 Å². The van der Waals surface area contributed by atoms with E-state index >= 15 is 0 Å². The zero-order valence-electron chi connectivity index (χ0n) is 19.4. The van der Waals surface area contributed by atoms with Crippen molar-refractivity contribution in [2.24, 2.45) is 0 Å². The molecule has 1 N–H and O–H groups in total. The van der Waals surface area contributed by atoms with Crippen molar-refractivity contribution in [1.82, 2.24) is 10.2 Å². The van der Waals surface area contributed by atoms with Crippen LogP contribution in [0.3, 0.4) is 0 Å². The highest BCUT2D eigenvalue weighted by Crippen LogP contribution is 2.36. The third kappa shape index (κ3) is 5.21. The number of amides is 2. The number of halogens is 1. The minimum absolute atomic E-state index is 0.0593. The van der Waals surface area contributed by atoms with Crippen molar-refractivity contribution < 1.29 is 28.0 Å². The van der Waals surface area contributed by atoms with Gasteiger partial charge in [0.05, 0.1) is 16.8 Å². The van der Waals surface area contributed by atoms with Crippen LogP contribution in [-0.4, -0.2) is 60.0 Å². The second-order valence-corrected chi connectivity index (χ2v) is 10.2. The number of rotatable bonds is 3. The second-order valence-electron chi connectivity index (χ2n) is 10.2. The van der Waals surface area contributed by atoms with Crippen molar-refractivity contribution in [1.29, 1.82) is 0 Å². The molecule has 3 rings (SSSR count). The summed E-state index contributed by atoms with van der Waals surface area (Å²) in [6.45, 7) is 13.9. The van der Waals surface area contributed by atoms with Crippen LogP contribution in [0.4, 0.5) is 9.18 Å². The number of hydrogen-bond donors (Lipinski definition) is 1. The van der Waals surface area contributed by atoms with E-state index in [-0.39, 0.29) is 11.6 Å². The smallest absolute Gasteiger partial charge is 0.444 e. The number of nitrogens with one attached hydrogen (secondary N) is 1. The van der Waals surface area contributed by atoms with Crippen LogP contribution >= 0.6 is 0 Å². The van der Waals surface area contributed by atoms with Gasteiger partial charge in [-0.25, -0.2) is 9.18 Å². The topological polar surface area (TPSA) is 77.1 Å². The van der Waals surface area contributed by atoms with Gasteiger partial charge in [-0.05, 0) is 72.5 Å². The van der Waals surface area contributed by atoms with Crippen LogP contribution in [0.15, 0.2) is 18.2 Å². The van der Waals surface area contributed by atoms with E-state index in [2.05, 4.69) is 5.32 Å². The normalized spacial score (nSPS) is 22.5. The fourth-order valence-corrected chi connectivity index (χ4v) is 3.47. The third-order valence-corrected chi connectivity index (χ3v) is 5.94. The molecule has 0 aliphatic carbocycles. The Bertz CT molecular complexity index is 852. The zero-order chi connectivity index (χ0) is 23.2. The van der Waals surface area contributed by atoms with Crippen molar-refractivity contribution in [3.8, 4) is 0 Å². The molecule has 1 atom stereocenters. The van der Waals surface area contributed by atoms with Gasteiger partial charge in [-0.2, -0.15) is 0 Å². The lowest BCUT2D eigenvalue weighted by Crippen LogP contribution is -2.41. The molecular weight excluding hydrogens is 402 g/mol. The van der Waals surface area contributed by atoms with Gasteiger partial charge in [-0.1, -0.05) is 6.07 Å². The Kier molecular flexibility index (Phi) is 6.14. The van der Waals surface area contributed by atoms with Crippen molar-refractivity contribution in [2.75, 3.05) is 13.1 Å². The molecule has 2 heterocycles. The number of ether oxygens (including phenoxy) is 1. The minimum Gasteiger partial charge on any atom is -0.444 e. The molecule has 2 aliphatic heterocycles. The first-order chi connectivity index (χ1) is 14.2. The van der Waals surface area contributed by atoms with E-state index in [1.54, 1.807) is 31.7 Å². The average Bonchev–Trinajstić information content (AvgIpc) is 3.15. The summed E-state index contributed by atoms with van der Waals surface area (Å²) < 4.78 is 32.0. The molecule has 2 fully saturated rings. The van der Waals surface area contributed by atoms with Crippen molar-refractivity contribution in [3.05, 3.63) is 29.6 Å². The first-order valence-corrected chi connectivity index (χ1v) is 10.6. The summed E-state index contributed by atoms with van der Waals surface area (Å²) in [4.78, 5) is 26.3. The maximum absolute atomic E-state index is 14.7. The summed E-state index contributed by atoms with van der Waals surface area (Å²) in [5.74, 6) is -1.17. The lowest BCUT2D eigenvalue weighted by atomic mass is 9.78. The van der Waals surface area contributed by atoms with E-state index in [0.29, 0.717) is 25.0 Å². The van der Waals surface area contributed by atoms with Crippen LogP contribution in [0, 0.1) is 5.82 Å². The predicted octanol–water partition coefficient (Wildman–Crippen LogP) is 2.86. The molecule has 2 saturated heterocycles. The summed E-state index contributed by atoms with van der Waals surface area (Å²) in [6, 6.07) is 4.09. The van der Waals surface area contributed by atoms with Gasteiger partial charge in [0.15, 0.2) is 0 Å². The minimum atomic E-state index is -0.700. The maximum atomic E-state index is 14.7. The molecule has 0 radical (unpaired) electrons. The number of benzene rings is 1. The second kappa shape index (κ2) is 8.09. The average molecular weight is 434 g/mol. The first kappa shape index (κ1) is 23.5. The van der Waals surface area contributed by atoms with E-state index < -0.39 is 41.7 Å².